The molecule has 0 aromatic carbocycles. The van der Waals surface area contributed by atoms with Gasteiger partial charge in [0, 0.05) is 5.69 Å². The molecule has 0 saturated carbocycles. The number of imidazole rings is 1. The minimum Gasteiger partial charge on any atom is -0.371 e. The summed E-state index contributed by atoms with van der Waals surface area (Å²) in [6.45, 7) is 0.162. The fourth-order valence-electron chi connectivity index (χ4n) is 1.16. The van der Waals surface area contributed by atoms with Crippen LogP contribution in [-0.4, -0.2) is 46.3 Å². The molecule has 0 aliphatic carbocycles. The predicted octanol–water partition coefficient (Wildman–Crippen LogP) is -0.764. The van der Waals surface area contributed by atoms with E-state index in [-0.39, 0.29) is 6.61 Å². The predicted molar refractivity (Wildman–Crippen MR) is 62.0 cm³/mol. The Bertz CT molecular complexity index is 509. The number of hydrogen-bond donors (Lipinski definition) is 6. The number of aromatic amines is 1. The van der Waals surface area contributed by atoms with Gasteiger partial charge < -0.3 is 34.4 Å². The monoisotopic (exact) mass is 316 g/mol. The molecule has 0 unspecified atom stereocenters. The number of aromatic nitrogens is 2. The number of ether oxygens (including phenoxy) is 1. The summed E-state index contributed by atoms with van der Waals surface area (Å²) in [5.74, 6) is 0. The number of rotatable bonds is 6. The molecule has 0 spiro atoms. The Hall–Kier alpha value is -0.570. The highest BCUT2D eigenvalue weighted by Crippen LogP contribution is 2.67. The Morgan fingerprint density at radius 2 is 1.84 bits per heavy atom. The molecule has 0 bridgehead atoms. The number of nitrogens with zero attached hydrogens (tertiary/aromatic N) is 1. The summed E-state index contributed by atoms with van der Waals surface area (Å²) in [6, 6.07) is 0. The van der Waals surface area contributed by atoms with Crippen LogP contribution < -0.4 is 0 Å². The van der Waals surface area contributed by atoms with E-state index in [0.717, 1.165) is 0 Å². The summed E-state index contributed by atoms with van der Waals surface area (Å²) in [4.78, 5) is 41.9. The maximum Gasteiger partial charge on any atom is 0.371 e. The summed E-state index contributed by atoms with van der Waals surface area (Å²) >= 11 is 0. The molecule has 1 heterocycles. The van der Waals surface area contributed by atoms with Crippen LogP contribution in [0.3, 0.4) is 0 Å². The summed E-state index contributed by atoms with van der Waals surface area (Å²) in [7, 11) is -11.0. The quantitative estimate of drug-likeness (QED) is 0.368. The van der Waals surface area contributed by atoms with Gasteiger partial charge in [-0.1, -0.05) is 0 Å². The van der Waals surface area contributed by atoms with Crippen molar-refractivity contribution in [2.24, 2.45) is 0 Å². The first-order valence-corrected chi connectivity index (χ1v) is 8.12. The number of H-pyrrole nitrogens is 1. The van der Waals surface area contributed by atoms with Crippen LogP contribution in [0.2, 0.25) is 0 Å². The van der Waals surface area contributed by atoms with E-state index in [0.29, 0.717) is 11.4 Å². The minimum absolute atomic E-state index is 0.266. The van der Waals surface area contributed by atoms with E-state index in [1.807, 2.05) is 0 Å². The average molecular weight is 316 g/mol. The molecule has 0 saturated heterocycles. The summed E-state index contributed by atoms with van der Waals surface area (Å²) in [5, 5.41) is 5.94. The smallest absolute Gasteiger partial charge is 0.371 e. The Labute approximate surface area is 107 Å². The topological polar surface area (TPSA) is 173 Å². The molecule has 19 heavy (non-hydrogen) atoms. The van der Waals surface area contributed by atoms with E-state index in [9.17, 15) is 14.2 Å². The Balaban J connectivity index is 2.80. The molecule has 1 aromatic heterocycles. The lowest BCUT2D eigenvalue weighted by atomic mass is 10.4. The van der Waals surface area contributed by atoms with Gasteiger partial charge in [0.25, 0.3) is 5.08 Å². The maximum atomic E-state index is 11.0. The van der Waals surface area contributed by atoms with E-state index in [1.165, 1.54) is 6.33 Å². The third kappa shape index (κ3) is 3.50. The van der Waals surface area contributed by atoms with Crippen molar-refractivity contribution in [2.75, 3.05) is 6.61 Å². The molecule has 1 aromatic rings. The first-order chi connectivity index (χ1) is 8.49. The third-order valence-electron chi connectivity index (χ3n) is 2.40. The Kier molecular flexibility index (Phi) is 4.71. The molecule has 110 valence electrons. The van der Waals surface area contributed by atoms with Gasteiger partial charge in [0.05, 0.1) is 25.2 Å². The van der Waals surface area contributed by atoms with Crippen LogP contribution in [0.5, 0.6) is 0 Å². The van der Waals surface area contributed by atoms with Gasteiger partial charge in [-0.2, -0.15) is 0 Å². The van der Waals surface area contributed by atoms with Gasteiger partial charge >= 0.3 is 15.2 Å². The minimum atomic E-state index is -5.49. The highest BCUT2D eigenvalue weighted by atomic mass is 31.2. The fraction of sp³-hybridized carbons (Fsp3) is 0.571. The number of aryl methyl sites for hydroxylation is 1. The van der Waals surface area contributed by atoms with Crippen LogP contribution in [0.25, 0.3) is 0 Å². The largest absolute Gasteiger partial charge is 0.371 e. The average Bonchev–Trinajstić information content (AvgIpc) is 2.61. The zero-order chi connectivity index (χ0) is 14.9. The van der Waals surface area contributed by atoms with Crippen LogP contribution in [-0.2, 0) is 20.5 Å². The first-order valence-electron chi connectivity index (χ1n) is 4.89. The van der Waals surface area contributed by atoms with Crippen molar-refractivity contribution < 1.29 is 38.5 Å². The lowest BCUT2D eigenvalue weighted by molar-refractivity contribution is 0.0167. The second-order valence-corrected chi connectivity index (χ2v) is 7.84. The van der Waals surface area contributed by atoms with E-state index in [1.54, 1.807) is 6.92 Å². The Morgan fingerprint density at radius 3 is 2.21 bits per heavy atom. The SMILES string of the molecule is Cc1[nH]cnc1COCC(O)(P(=O)(O)O)P(=O)(O)O. The molecule has 0 amide bonds. The normalized spacial score (nSPS) is 13.8. The van der Waals surface area contributed by atoms with Gasteiger partial charge in [-0.15, -0.1) is 0 Å². The van der Waals surface area contributed by atoms with Crippen LogP contribution in [0, 0.1) is 6.92 Å². The lowest BCUT2D eigenvalue weighted by Gasteiger charge is -2.28. The molecule has 0 aliphatic rings. The summed E-state index contributed by atoms with van der Waals surface area (Å²) in [5.41, 5.74) is 1.01. The van der Waals surface area contributed by atoms with E-state index >= 15 is 0 Å². The van der Waals surface area contributed by atoms with Crippen molar-refractivity contribution in [1.82, 2.24) is 9.97 Å². The molecule has 12 heteroatoms. The fourth-order valence-corrected chi connectivity index (χ4v) is 3.03. The lowest BCUT2D eigenvalue weighted by Crippen LogP contribution is -2.34. The molecule has 0 aliphatic heterocycles. The molecule has 0 atom stereocenters. The number of hydrogen-bond acceptors (Lipinski definition) is 5. The number of nitrogens with one attached hydrogen (secondary N) is 1. The van der Waals surface area contributed by atoms with E-state index in [4.69, 9.17) is 24.3 Å². The highest BCUT2D eigenvalue weighted by molar-refractivity contribution is 7.72. The van der Waals surface area contributed by atoms with Crippen LogP contribution in [0.1, 0.15) is 11.4 Å². The third-order valence-corrected chi connectivity index (χ3v) is 6.09. The van der Waals surface area contributed by atoms with Crippen molar-refractivity contribution in [1.29, 1.82) is 0 Å². The van der Waals surface area contributed by atoms with Gasteiger partial charge in [0.15, 0.2) is 0 Å². The van der Waals surface area contributed by atoms with Gasteiger partial charge in [-0.3, -0.25) is 9.13 Å². The molecule has 1 rings (SSSR count). The zero-order valence-corrected chi connectivity index (χ0v) is 11.6. The summed E-state index contributed by atoms with van der Waals surface area (Å²) in [6.07, 6.45) is 1.35. The van der Waals surface area contributed by atoms with Crippen molar-refractivity contribution in [2.45, 2.75) is 18.6 Å². The molecule has 10 nitrogen and oxygen atoms in total. The van der Waals surface area contributed by atoms with Crippen LogP contribution >= 0.6 is 15.2 Å². The summed E-state index contributed by atoms with van der Waals surface area (Å²) < 4.78 is 26.8. The van der Waals surface area contributed by atoms with Gasteiger partial charge in [0.2, 0.25) is 0 Å². The van der Waals surface area contributed by atoms with E-state index < -0.39 is 26.9 Å². The molecule has 0 radical (unpaired) electrons. The van der Waals surface area contributed by atoms with E-state index in [2.05, 4.69) is 9.97 Å². The standard InChI is InChI=1S/C7H14N2O8P2/c1-5-6(9-4-8-5)2-17-3-7(10,18(11,12)13)19(14,15)16/h4,10H,2-3H2,1H3,(H,8,9)(H2,11,12,13)(H2,14,15,16). The molecular formula is C7H14N2O8P2. The van der Waals surface area contributed by atoms with Gasteiger partial charge in [0.1, 0.15) is 0 Å². The second-order valence-electron chi connectivity index (χ2n) is 3.83. The first kappa shape index (κ1) is 16.5. The van der Waals surface area contributed by atoms with Crippen LogP contribution in [0.15, 0.2) is 6.33 Å². The van der Waals surface area contributed by atoms with Crippen molar-refractivity contribution in [3.63, 3.8) is 0 Å². The Morgan fingerprint density at radius 1 is 1.32 bits per heavy atom. The molecule has 0 fully saturated rings. The van der Waals surface area contributed by atoms with Crippen molar-refractivity contribution >= 4 is 15.2 Å². The van der Waals surface area contributed by atoms with Crippen molar-refractivity contribution in [3.05, 3.63) is 17.7 Å². The number of aliphatic hydroxyl groups is 1. The molecular weight excluding hydrogens is 302 g/mol. The second kappa shape index (κ2) is 5.43. The molecule has 6 N–H and O–H groups in total. The van der Waals surface area contributed by atoms with Crippen molar-refractivity contribution in [3.8, 4) is 0 Å². The maximum absolute atomic E-state index is 11.0. The van der Waals surface area contributed by atoms with Gasteiger partial charge in [-0.25, -0.2) is 4.98 Å². The van der Waals surface area contributed by atoms with Gasteiger partial charge in [-0.05, 0) is 6.92 Å². The highest BCUT2D eigenvalue weighted by Gasteiger charge is 2.59. The zero-order valence-electron chi connectivity index (χ0n) is 9.79. The van der Waals surface area contributed by atoms with Crippen LogP contribution in [0.4, 0.5) is 0 Å².